The van der Waals surface area contributed by atoms with Crippen LogP contribution in [0.4, 0.5) is 0 Å². The van der Waals surface area contributed by atoms with E-state index in [2.05, 4.69) is 130 Å². The maximum Gasteiger partial charge on any atom is 0.335 e. The molecular weight excluding hydrogens is 1090 g/mol. The number of esters is 3. The van der Waals surface area contributed by atoms with Crippen molar-refractivity contribution >= 4 is 23.9 Å². The molecule has 0 aromatic rings. The number of aliphatic hydroxyl groups excluding tert-OH is 2. The van der Waals surface area contributed by atoms with Gasteiger partial charge in [-0.2, -0.15) is 0 Å². The van der Waals surface area contributed by atoms with Crippen LogP contribution in [0.5, 0.6) is 0 Å². The number of allylic oxidation sites excluding steroid dienone is 20. The molecule has 0 saturated carbocycles. The van der Waals surface area contributed by atoms with Gasteiger partial charge in [-0.15, -0.1) is 0 Å². The average Bonchev–Trinajstić information content (AvgIpc) is 2.56. The van der Waals surface area contributed by atoms with E-state index >= 15 is 0 Å². The zero-order valence-electron chi connectivity index (χ0n) is 54.7. The summed E-state index contributed by atoms with van der Waals surface area (Å²) in [5, 5.41) is 31.7. The van der Waals surface area contributed by atoms with Crippen LogP contribution in [-0.4, -0.2) is 89.2 Å². The number of aliphatic carboxylic acids is 1. The van der Waals surface area contributed by atoms with E-state index < -0.39 is 67.3 Å². The summed E-state index contributed by atoms with van der Waals surface area (Å²) in [5.74, 6) is -3.25. The van der Waals surface area contributed by atoms with Crippen molar-refractivity contribution in [1.29, 1.82) is 0 Å². The summed E-state index contributed by atoms with van der Waals surface area (Å²) in [7, 11) is 0. The Labute approximate surface area is 528 Å². The van der Waals surface area contributed by atoms with Crippen LogP contribution in [-0.2, 0) is 42.9 Å². The minimum Gasteiger partial charge on any atom is -0.479 e. The van der Waals surface area contributed by atoms with Crippen molar-refractivity contribution < 1.29 is 58.2 Å². The fourth-order valence-electron chi connectivity index (χ4n) is 9.86. The van der Waals surface area contributed by atoms with E-state index in [0.717, 1.165) is 128 Å². The van der Waals surface area contributed by atoms with E-state index in [1.54, 1.807) is 0 Å². The molecule has 1 aliphatic rings. The summed E-state index contributed by atoms with van der Waals surface area (Å²) >= 11 is 0. The highest BCUT2D eigenvalue weighted by Crippen LogP contribution is 2.27. The molecule has 0 radical (unpaired) electrons. The molecule has 1 fully saturated rings. The number of rotatable bonds is 58. The van der Waals surface area contributed by atoms with Crippen LogP contribution in [0.15, 0.2) is 122 Å². The molecule has 3 N–H and O–H groups in total. The number of ether oxygens (including phenoxy) is 5. The first-order valence-electron chi connectivity index (χ1n) is 34.5. The number of carboxylic acids is 1. The summed E-state index contributed by atoms with van der Waals surface area (Å²) in [6, 6.07) is 0. The minimum atomic E-state index is -1.92. The molecule has 12 heteroatoms. The van der Waals surface area contributed by atoms with E-state index in [1.807, 2.05) is 12.2 Å². The van der Waals surface area contributed by atoms with E-state index in [-0.39, 0.29) is 25.9 Å². The van der Waals surface area contributed by atoms with Gasteiger partial charge < -0.3 is 39.0 Å². The largest absolute Gasteiger partial charge is 0.479 e. The van der Waals surface area contributed by atoms with Crippen LogP contribution < -0.4 is 0 Å². The topological polar surface area (TPSA) is 175 Å². The molecule has 1 rings (SSSR count). The number of aliphatic hydroxyl groups is 2. The molecule has 6 unspecified atom stereocenters. The Morgan fingerprint density at radius 1 is 0.391 bits per heavy atom. The first-order valence-corrected chi connectivity index (χ1v) is 34.5. The lowest BCUT2D eigenvalue weighted by molar-refractivity contribution is -0.301. The van der Waals surface area contributed by atoms with Gasteiger partial charge in [0.15, 0.2) is 24.6 Å². The number of unbranched alkanes of at least 4 members (excludes halogenated alkanes) is 24. The second-order valence-corrected chi connectivity index (χ2v) is 23.1. The van der Waals surface area contributed by atoms with Gasteiger partial charge in [-0.25, -0.2) is 4.79 Å². The van der Waals surface area contributed by atoms with E-state index in [1.165, 1.54) is 89.9 Å². The molecule has 0 spiro atoms. The van der Waals surface area contributed by atoms with Crippen molar-refractivity contribution in [3.05, 3.63) is 122 Å². The van der Waals surface area contributed by atoms with Gasteiger partial charge in [0.1, 0.15) is 18.8 Å². The quantitative estimate of drug-likeness (QED) is 0.0228. The molecule has 0 amide bonds. The van der Waals surface area contributed by atoms with Gasteiger partial charge in [-0.1, -0.05) is 284 Å². The third-order valence-corrected chi connectivity index (χ3v) is 15.0. The van der Waals surface area contributed by atoms with Crippen LogP contribution in [0.25, 0.3) is 0 Å². The molecule has 12 nitrogen and oxygen atoms in total. The van der Waals surface area contributed by atoms with Gasteiger partial charge in [0.25, 0.3) is 0 Å². The minimum absolute atomic E-state index is 0.0496. The lowest BCUT2D eigenvalue weighted by atomic mass is 9.98. The van der Waals surface area contributed by atoms with Gasteiger partial charge in [-0.3, -0.25) is 14.4 Å². The number of hydrogen-bond acceptors (Lipinski definition) is 11. The SMILES string of the molecule is CC/C=C\C/C=C\C/C=C\C/C=C\C/C=C\C/C=C\CCC(=O)OCC(COC1OC(C(=O)O)C(O)C(O)C1OC(=O)CCCCCCCCCCCCCCCCCCCCC)OC(=O)CCCCCCCC/C=C\C/C=C\C/C=C\C/C=C\CC. The maximum absolute atomic E-state index is 13.2. The smallest absolute Gasteiger partial charge is 0.335 e. The Morgan fingerprint density at radius 3 is 1.15 bits per heavy atom. The molecular formula is C75H122O12. The van der Waals surface area contributed by atoms with Gasteiger partial charge >= 0.3 is 23.9 Å². The fraction of sp³-hybridized carbons (Fsp3) is 0.680. The highest BCUT2D eigenvalue weighted by atomic mass is 16.7. The second-order valence-electron chi connectivity index (χ2n) is 23.1. The number of carboxylic acid groups (broad SMARTS) is 1. The first kappa shape index (κ1) is 80.1. The molecule has 0 aromatic carbocycles. The standard InChI is InChI=1S/C75H122O12/c1-4-7-10-13-16-19-22-25-28-31-34-37-40-43-46-49-52-55-58-61-67(76)83-64-66(85-68(77)62-59-56-53-50-47-44-41-38-35-32-29-26-23-20-17-14-11-8-5-2)65-84-75-73(71(80)70(79)72(87-75)74(81)82)86-69(78)63-60-57-54-51-48-45-42-39-36-33-30-27-24-21-18-15-12-9-6-3/h7-8,10-11,16-17,19-20,25-26,28-29,34-35,37-38,43,46,52,55,66,70-73,75,79-80H,4-6,9,12-15,18,21-24,27,30-33,36,39-42,44-45,47-51,53-54,56-65H2,1-3H3,(H,81,82)/b10-7-,11-8-,19-16-,20-17-,28-25-,29-26-,37-34-,38-35-,46-43-,55-52-. The molecule has 0 bridgehead atoms. The lowest BCUT2D eigenvalue weighted by Gasteiger charge is -2.40. The zero-order chi connectivity index (χ0) is 63.1. The number of carbonyl (C=O) groups is 4. The van der Waals surface area contributed by atoms with Gasteiger partial charge in [0.05, 0.1) is 6.61 Å². The number of carbonyl (C=O) groups excluding carboxylic acids is 3. The second kappa shape index (κ2) is 61.4. The van der Waals surface area contributed by atoms with Gasteiger partial charge in [-0.05, 0) is 96.3 Å². The van der Waals surface area contributed by atoms with Crippen molar-refractivity contribution in [3.8, 4) is 0 Å². The summed E-state index contributed by atoms with van der Waals surface area (Å²) in [4.78, 5) is 51.4. The van der Waals surface area contributed by atoms with Crippen LogP contribution in [0.1, 0.15) is 278 Å². The van der Waals surface area contributed by atoms with Crippen LogP contribution in [0.2, 0.25) is 0 Å². The Balaban J connectivity index is 2.70. The molecule has 6 atom stereocenters. The van der Waals surface area contributed by atoms with Crippen molar-refractivity contribution in [2.75, 3.05) is 13.2 Å². The Hall–Kier alpha value is -4.88. The van der Waals surface area contributed by atoms with Crippen LogP contribution in [0.3, 0.4) is 0 Å². The van der Waals surface area contributed by atoms with Gasteiger partial charge in [0, 0.05) is 19.3 Å². The van der Waals surface area contributed by atoms with Crippen molar-refractivity contribution in [3.63, 3.8) is 0 Å². The predicted octanol–water partition coefficient (Wildman–Crippen LogP) is 19.1. The molecule has 1 heterocycles. The summed E-state index contributed by atoms with van der Waals surface area (Å²) < 4.78 is 28.5. The Morgan fingerprint density at radius 2 is 0.747 bits per heavy atom. The molecule has 0 aliphatic carbocycles. The Bertz CT molecular complexity index is 1970. The molecule has 0 aromatic heterocycles. The first-order chi connectivity index (χ1) is 42.6. The monoisotopic (exact) mass is 1210 g/mol. The molecule has 1 aliphatic heterocycles. The highest BCUT2D eigenvalue weighted by molar-refractivity contribution is 5.74. The maximum atomic E-state index is 13.2. The predicted molar refractivity (Wildman–Crippen MR) is 358 cm³/mol. The summed E-state index contributed by atoms with van der Waals surface area (Å²) in [6.07, 6.45) is 73.1. The van der Waals surface area contributed by atoms with Crippen molar-refractivity contribution in [2.45, 2.75) is 314 Å². The third kappa shape index (κ3) is 50.7. The van der Waals surface area contributed by atoms with Crippen molar-refractivity contribution in [1.82, 2.24) is 0 Å². The average molecular weight is 1220 g/mol. The Kier molecular flexibility index (Phi) is 56.5. The molecule has 494 valence electrons. The van der Waals surface area contributed by atoms with Crippen LogP contribution >= 0.6 is 0 Å². The normalized spacial score (nSPS) is 18.1. The summed E-state index contributed by atoms with van der Waals surface area (Å²) in [5.41, 5.74) is 0. The van der Waals surface area contributed by atoms with Crippen LogP contribution in [0, 0.1) is 0 Å². The number of hydrogen-bond donors (Lipinski definition) is 3. The van der Waals surface area contributed by atoms with E-state index in [9.17, 15) is 34.5 Å². The third-order valence-electron chi connectivity index (χ3n) is 15.0. The summed E-state index contributed by atoms with van der Waals surface area (Å²) in [6.45, 7) is 5.73. The molecule has 1 saturated heterocycles. The zero-order valence-corrected chi connectivity index (χ0v) is 54.7. The van der Waals surface area contributed by atoms with Crippen molar-refractivity contribution in [2.24, 2.45) is 0 Å². The highest BCUT2D eigenvalue weighted by Gasteiger charge is 2.50. The fourth-order valence-corrected chi connectivity index (χ4v) is 9.86. The van der Waals surface area contributed by atoms with E-state index in [4.69, 9.17) is 23.7 Å². The lowest BCUT2D eigenvalue weighted by Crippen LogP contribution is -2.61. The van der Waals surface area contributed by atoms with E-state index in [0.29, 0.717) is 19.3 Å². The molecule has 87 heavy (non-hydrogen) atoms. The van der Waals surface area contributed by atoms with Gasteiger partial charge in [0.2, 0.25) is 0 Å².